The van der Waals surface area contributed by atoms with E-state index in [0.29, 0.717) is 5.56 Å². The van der Waals surface area contributed by atoms with Crippen LogP contribution in [0.3, 0.4) is 0 Å². The minimum atomic E-state index is -4.41. The molecule has 0 spiro atoms. The molecule has 0 saturated heterocycles. The molecule has 0 aliphatic carbocycles. The Morgan fingerprint density at radius 1 is 0.708 bits per heavy atom. The maximum Gasteiger partial charge on any atom is 0.524 e. The van der Waals surface area contributed by atoms with Crippen molar-refractivity contribution in [3.63, 3.8) is 0 Å². The van der Waals surface area contributed by atoms with Crippen molar-refractivity contribution in [3.8, 4) is 16.9 Å². The quantitative estimate of drug-likeness (QED) is 0.670. The lowest BCUT2D eigenvalue weighted by molar-refractivity contribution is 0.282. The molecule has 0 atom stereocenters. The average molecular weight is 342 g/mol. The summed E-state index contributed by atoms with van der Waals surface area (Å²) >= 11 is 0. The fourth-order valence-corrected chi connectivity index (χ4v) is 2.51. The minimum Gasteiger partial charge on any atom is -0.404 e. The Morgan fingerprint density at radius 2 is 1.12 bits per heavy atom. The summed E-state index contributed by atoms with van der Waals surface area (Å²) in [6.45, 7) is 1.71. The van der Waals surface area contributed by atoms with Crippen LogP contribution in [0.5, 0.6) is 5.75 Å². The van der Waals surface area contributed by atoms with E-state index in [2.05, 4.69) is 53.1 Å². The van der Waals surface area contributed by atoms with Crippen LogP contribution >= 0.6 is 7.82 Å². The number of hydrogen-bond donors (Lipinski definition) is 2. The van der Waals surface area contributed by atoms with Gasteiger partial charge in [0.1, 0.15) is 5.75 Å². The second-order valence-corrected chi connectivity index (χ2v) is 6.24. The lowest BCUT2D eigenvalue weighted by Gasteiger charge is -2.08. The summed E-state index contributed by atoms with van der Waals surface area (Å²) in [5, 5.41) is 0. The molecule has 0 fully saturated rings. The monoisotopic (exact) mass is 342 g/mol. The van der Waals surface area contributed by atoms with Crippen LogP contribution in [0.25, 0.3) is 11.1 Å². The standard InChI is InChI=1S/C12H10.C7H9O4P/c1-3-7-11(8-4-1)12-9-5-2-6-10-12;1-6-4-2-3-5-7(6)11-12(8,9)10/h1-10H;2-5H,1H3,(H2,8,9,10). The molecule has 0 heterocycles. The first-order chi connectivity index (χ1) is 11.5. The summed E-state index contributed by atoms with van der Waals surface area (Å²) in [5.41, 5.74) is 3.25. The van der Waals surface area contributed by atoms with E-state index in [1.165, 1.54) is 17.2 Å². The van der Waals surface area contributed by atoms with Crippen LogP contribution in [0.4, 0.5) is 0 Å². The highest BCUT2D eigenvalue weighted by atomic mass is 31.2. The Morgan fingerprint density at radius 3 is 1.54 bits per heavy atom. The Bertz CT molecular complexity index is 760. The molecule has 5 heteroatoms. The van der Waals surface area contributed by atoms with E-state index >= 15 is 0 Å². The zero-order valence-corrected chi connectivity index (χ0v) is 14.1. The molecule has 0 radical (unpaired) electrons. The molecular weight excluding hydrogens is 323 g/mol. The van der Waals surface area contributed by atoms with Crippen LogP contribution in [0.15, 0.2) is 84.9 Å². The molecule has 0 bridgehead atoms. The molecule has 0 aromatic heterocycles. The summed E-state index contributed by atoms with van der Waals surface area (Å²) in [4.78, 5) is 17.0. The van der Waals surface area contributed by atoms with Crippen LogP contribution in [0, 0.1) is 6.92 Å². The van der Waals surface area contributed by atoms with Crippen LogP contribution in [0.2, 0.25) is 0 Å². The van der Waals surface area contributed by atoms with E-state index in [0.717, 1.165) is 0 Å². The zero-order chi connectivity index (χ0) is 17.4. The maximum absolute atomic E-state index is 10.4. The molecule has 0 unspecified atom stereocenters. The molecule has 3 rings (SSSR count). The van der Waals surface area contributed by atoms with Gasteiger partial charge in [0.25, 0.3) is 0 Å². The highest BCUT2D eigenvalue weighted by Gasteiger charge is 2.16. The lowest BCUT2D eigenvalue weighted by atomic mass is 10.1. The van der Waals surface area contributed by atoms with Gasteiger partial charge in [-0.2, -0.15) is 0 Å². The number of phosphoric acid groups is 1. The van der Waals surface area contributed by atoms with Crippen molar-refractivity contribution in [1.29, 1.82) is 0 Å². The fraction of sp³-hybridized carbons (Fsp3) is 0.0526. The maximum atomic E-state index is 10.4. The van der Waals surface area contributed by atoms with E-state index in [9.17, 15) is 4.57 Å². The van der Waals surface area contributed by atoms with Gasteiger partial charge in [0.15, 0.2) is 0 Å². The van der Waals surface area contributed by atoms with Gasteiger partial charge in [-0.1, -0.05) is 78.9 Å². The third kappa shape index (κ3) is 6.01. The van der Waals surface area contributed by atoms with Gasteiger partial charge in [-0.15, -0.1) is 0 Å². The first-order valence-corrected chi connectivity index (χ1v) is 8.90. The number of benzene rings is 3. The molecule has 4 nitrogen and oxygen atoms in total. The molecule has 3 aromatic rings. The fourth-order valence-electron chi connectivity index (χ4n) is 2.05. The zero-order valence-electron chi connectivity index (χ0n) is 13.2. The molecule has 0 amide bonds. The first kappa shape index (κ1) is 18.0. The van der Waals surface area contributed by atoms with Gasteiger partial charge in [0.2, 0.25) is 0 Å². The normalized spacial score (nSPS) is 10.5. The van der Waals surface area contributed by atoms with Gasteiger partial charge >= 0.3 is 7.82 Å². The van der Waals surface area contributed by atoms with Gasteiger partial charge in [-0.25, -0.2) is 4.57 Å². The first-order valence-electron chi connectivity index (χ1n) is 7.37. The van der Waals surface area contributed by atoms with Gasteiger partial charge in [0, 0.05) is 0 Å². The van der Waals surface area contributed by atoms with Crippen molar-refractivity contribution in [1.82, 2.24) is 0 Å². The Kier molecular flexibility index (Phi) is 6.33. The van der Waals surface area contributed by atoms with Crippen molar-refractivity contribution in [2.45, 2.75) is 6.92 Å². The number of rotatable bonds is 3. The third-order valence-electron chi connectivity index (χ3n) is 3.19. The Labute approximate surface area is 141 Å². The SMILES string of the molecule is Cc1ccccc1OP(=O)(O)O.c1ccc(-c2ccccc2)cc1. The second-order valence-electron chi connectivity index (χ2n) is 5.08. The molecule has 124 valence electrons. The minimum absolute atomic E-state index is 0.214. The predicted molar refractivity (Wildman–Crippen MR) is 95.7 cm³/mol. The third-order valence-corrected chi connectivity index (χ3v) is 3.63. The molecule has 0 aliphatic rings. The molecule has 0 aliphatic heterocycles. The molecule has 24 heavy (non-hydrogen) atoms. The topological polar surface area (TPSA) is 66.8 Å². The summed E-state index contributed by atoms with van der Waals surface area (Å²) < 4.78 is 14.8. The number of aryl methyl sites for hydroxylation is 1. The Hall–Kier alpha value is -2.39. The molecule has 2 N–H and O–H groups in total. The summed E-state index contributed by atoms with van der Waals surface area (Å²) in [6, 6.07) is 27.4. The second kappa shape index (κ2) is 8.46. The lowest BCUT2D eigenvalue weighted by Crippen LogP contribution is -1.91. The summed E-state index contributed by atoms with van der Waals surface area (Å²) in [7, 11) is -4.41. The Balaban J connectivity index is 0.000000174. The van der Waals surface area contributed by atoms with Crippen LogP contribution in [-0.4, -0.2) is 9.79 Å². The molecule has 0 saturated carbocycles. The van der Waals surface area contributed by atoms with E-state index < -0.39 is 7.82 Å². The van der Waals surface area contributed by atoms with E-state index in [1.54, 1.807) is 25.1 Å². The average Bonchev–Trinajstić information content (AvgIpc) is 2.58. The summed E-state index contributed by atoms with van der Waals surface area (Å²) in [5.74, 6) is 0.214. The van der Waals surface area contributed by atoms with Crippen molar-refractivity contribution in [2.24, 2.45) is 0 Å². The number of para-hydroxylation sites is 1. The van der Waals surface area contributed by atoms with Crippen molar-refractivity contribution in [2.75, 3.05) is 0 Å². The number of hydrogen-bond acceptors (Lipinski definition) is 2. The van der Waals surface area contributed by atoms with Gasteiger partial charge < -0.3 is 4.52 Å². The van der Waals surface area contributed by atoms with Crippen LogP contribution in [0.1, 0.15) is 5.56 Å². The highest BCUT2D eigenvalue weighted by Crippen LogP contribution is 2.38. The number of phosphoric ester groups is 1. The predicted octanol–water partition coefficient (Wildman–Crippen LogP) is 4.82. The highest BCUT2D eigenvalue weighted by molar-refractivity contribution is 7.46. The van der Waals surface area contributed by atoms with Gasteiger partial charge in [0.05, 0.1) is 0 Å². The van der Waals surface area contributed by atoms with Crippen LogP contribution in [-0.2, 0) is 4.57 Å². The van der Waals surface area contributed by atoms with Gasteiger partial charge in [-0.3, -0.25) is 9.79 Å². The smallest absolute Gasteiger partial charge is 0.404 e. The van der Waals surface area contributed by atoms with E-state index in [1.807, 2.05) is 12.1 Å². The van der Waals surface area contributed by atoms with Crippen molar-refractivity contribution in [3.05, 3.63) is 90.5 Å². The van der Waals surface area contributed by atoms with Crippen LogP contribution < -0.4 is 4.52 Å². The van der Waals surface area contributed by atoms with Gasteiger partial charge in [-0.05, 0) is 29.7 Å². The summed E-state index contributed by atoms with van der Waals surface area (Å²) in [6.07, 6.45) is 0. The van der Waals surface area contributed by atoms with Crippen molar-refractivity contribution < 1.29 is 18.9 Å². The van der Waals surface area contributed by atoms with E-state index in [-0.39, 0.29) is 5.75 Å². The molecule has 3 aromatic carbocycles. The van der Waals surface area contributed by atoms with Crippen molar-refractivity contribution >= 4 is 7.82 Å². The molecular formula is C19H19O4P. The largest absolute Gasteiger partial charge is 0.524 e. The van der Waals surface area contributed by atoms with E-state index in [4.69, 9.17) is 9.79 Å².